The molecule has 0 bridgehead atoms. The third-order valence-corrected chi connectivity index (χ3v) is 4.70. The molecule has 0 aliphatic rings. The predicted octanol–water partition coefficient (Wildman–Crippen LogP) is 4.25. The van der Waals surface area contributed by atoms with Crippen LogP contribution in [0.15, 0.2) is 66.9 Å². The third kappa shape index (κ3) is 3.19. The summed E-state index contributed by atoms with van der Waals surface area (Å²) < 4.78 is 1.90. The van der Waals surface area contributed by atoms with Crippen molar-refractivity contribution in [3.05, 3.63) is 89.4 Å². The molecule has 0 saturated carbocycles. The minimum absolute atomic E-state index is 0.310. The highest BCUT2D eigenvalue weighted by molar-refractivity contribution is 5.95. The van der Waals surface area contributed by atoms with Gasteiger partial charge in [0.15, 0.2) is 5.65 Å². The van der Waals surface area contributed by atoms with Crippen LogP contribution in [0.1, 0.15) is 34.2 Å². The van der Waals surface area contributed by atoms with E-state index >= 15 is 0 Å². The van der Waals surface area contributed by atoms with Crippen LogP contribution in [-0.4, -0.2) is 25.7 Å². The molecule has 2 aromatic heterocycles. The van der Waals surface area contributed by atoms with Crippen molar-refractivity contribution in [1.29, 1.82) is 0 Å². The van der Waals surface area contributed by atoms with Crippen LogP contribution in [0.2, 0.25) is 0 Å². The van der Waals surface area contributed by atoms with Crippen LogP contribution in [-0.2, 0) is 12.8 Å². The van der Waals surface area contributed by atoms with Crippen LogP contribution >= 0.6 is 0 Å². The van der Waals surface area contributed by atoms with Crippen molar-refractivity contribution in [1.82, 2.24) is 14.6 Å². The van der Waals surface area contributed by atoms with E-state index in [1.807, 2.05) is 53.0 Å². The van der Waals surface area contributed by atoms with Gasteiger partial charge in [0, 0.05) is 12.6 Å². The van der Waals surface area contributed by atoms with Crippen molar-refractivity contribution < 1.29 is 9.90 Å². The summed E-state index contributed by atoms with van der Waals surface area (Å²) in [5, 5.41) is 13.8. The molecule has 4 aromatic rings. The molecule has 0 unspecified atom stereocenters. The molecule has 4 rings (SSSR count). The van der Waals surface area contributed by atoms with Crippen LogP contribution in [0, 0.1) is 0 Å². The van der Waals surface area contributed by atoms with Crippen LogP contribution < -0.4 is 0 Å². The van der Waals surface area contributed by atoms with Gasteiger partial charge in [0.2, 0.25) is 0 Å². The Morgan fingerprint density at radius 1 is 1.04 bits per heavy atom. The van der Waals surface area contributed by atoms with Gasteiger partial charge in [-0.05, 0) is 41.3 Å². The summed E-state index contributed by atoms with van der Waals surface area (Å²) in [5.41, 5.74) is 6.06. The minimum Gasteiger partial charge on any atom is -0.478 e. The molecule has 0 atom stereocenters. The second kappa shape index (κ2) is 7.03. The Morgan fingerprint density at radius 3 is 2.56 bits per heavy atom. The number of hydrogen-bond acceptors (Lipinski definition) is 3. The van der Waals surface area contributed by atoms with Crippen molar-refractivity contribution in [2.45, 2.75) is 19.8 Å². The quantitative estimate of drug-likeness (QED) is 0.580. The second-order valence-electron chi connectivity index (χ2n) is 6.38. The van der Waals surface area contributed by atoms with E-state index in [0.717, 1.165) is 46.6 Å². The van der Waals surface area contributed by atoms with Gasteiger partial charge in [0.1, 0.15) is 0 Å². The number of fused-ring (bicyclic) bond motifs is 1. The first kappa shape index (κ1) is 17.0. The highest BCUT2D eigenvalue weighted by Crippen LogP contribution is 2.25. The molecule has 0 radical (unpaired) electrons. The fourth-order valence-electron chi connectivity index (χ4n) is 3.36. The van der Waals surface area contributed by atoms with Gasteiger partial charge in [-0.3, -0.25) is 0 Å². The van der Waals surface area contributed by atoms with Gasteiger partial charge >= 0.3 is 5.97 Å². The molecule has 134 valence electrons. The third-order valence-electron chi connectivity index (χ3n) is 4.70. The smallest absolute Gasteiger partial charge is 0.336 e. The molecule has 0 fully saturated rings. The number of imidazole rings is 1. The predicted molar refractivity (Wildman–Crippen MR) is 104 cm³/mol. The van der Waals surface area contributed by atoms with Crippen molar-refractivity contribution >= 4 is 11.6 Å². The molecule has 0 aliphatic heterocycles. The minimum atomic E-state index is -0.918. The maximum atomic E-state index is 11.5. The van der Waals surface area contributed by atoms with Gasteiger partial charge in [-0.2, -0.15) is 5.10 Å². The molecule has 0 aliphatic carbocycles. The van der Waals surface area contributed by atoms with E-state index in [4.69, 9.17) is 0 Å². The first-order valence-electron chi connectivity index (χ1n) is 8.90. The second-order valence-corrected chi connectivity index (χ2v) is 6.38. The molecule has 2 heterocycles. The van der Waals surface area contributed by atoms with Gasteiger partial charge in [0.25, 0.3) is 0 Å². The summed E-state index contributed by atoms with van der Waals surface area (Å²) in [6.07, 6.45) is 3.34. The summed E-state index contributed by atoms with van der Waals surface area (Å²) in [5.74, 6) is -0.918. The number of benzene rings is 2. The Balaban J connectivity index is 1.68. The number of aromatic carboxylic acids is 1. The topological polar surface area (TPSA) is 67.5 Å². The zero-order valence-electron chi connectivity index (χ0n) is 15.0. The lowest BCUT2D eigenvalue weighted by atomic mass is 9.97. The molecule has 0 spiro atoms. The highest BCUT2D eigenvalue weighted by atomic mass is 16.4. The van der Waals surface area contributed by atoms with Gasteiger partial charge < -0.3 is 5.11 Å². The SMILES string of the molecule is CCc1nc2cccnn2c1Cc1ccc(-c2ccccc2C(=O)O)cc1. The number of aromatic nitrogens is 3. The van der Waals surface area contributed by atoms with Crippen molar-refractivity contribution in [2.24, 2.45) is 0 Å². The molecular formula is C22H19N3O2. The summed E-state index contributed by atoms with van der Waals surface area (Å²) in [4.78, 5) is 16.1. The Labute approximate surface area is 156 Å². The van der Waals surface area contributed by atoms with Crippen molar-refractivity contribution in [3.63, 3.8) is 0 Å². The summed E-state index contributed by atoms with van der Waals surface area (Å²) >= 11 is 0. The molecule has 0 amide bonds. The Kier molecular flexibility index (Phi) is 4.42. The van der Waals surface area contributed by atoms with E-state index in [9.17, 15) is 9.90 Å². The summed E-state index contributed by atoms with van der Waals surface area (Å²) in [7, 11) is 0. The number of carbonyl (C=O) groups is 1. The Hall–Kier alpha value is -3.47. The van der Waals surface area contributed by atoms with E-state index < -0.39 is 5.97 Å². The monoisotopic (exact) mass is 357 g/mol. The number of hydrogen-bond donors (Lipinski definition) is 1. The summed E-state index contributed by atoms with van der Waals surface area (Å²) in [6, 6.07) is 18.9. The van der Waals surface area contributed by atoms with Crippen LogP contribution in [0.4, 0.5) is 0 Å². The normalized spacial score (nSPS) is 11.0. The maximum Gasteiger partial charge on any atom is 0.336 e. The first-order chi connectivity index (χ1) is 13.2. The molecule has 5 heteroatoms. The number of aryl methyl sites for hydroxylation is 1. The average molecular weight is 357 g/mol. The first-order valence-corrected chi connectivity index (χ1v) is 8.90. The maximum absolute atomic E-state index is 11.5. The lowest BCUT2D eigenvalue weighted by Crippen LogP contribution is -2.01. The van der Waals surface area contributed by atoms with Gasteiger partial charge in [0.05, 0.1) is 17.0 Å². The molecule has 1 N–H and O–H groups in total. The lowest BCUT2D eigenvalue weighted by Gasteiger charge is -2.08. The molecule has 27 heavy (non-hydrogen) atoms. The molecule has 2 aromatic carbocycles. The molecular weight excluding hydrogens is 338 g/mol. The number of carboxylic acid groups (broad SMARTS) is 1. The van der Waals surface area contributed by atoms with E-state index in [0.29, 0.717) is 5.56 Å². The number of carboxylic acids is 1. The molecule has 0 saturated heterocycles. The van der Waals surface area contributed by atoms with E-state index in [1.54, 1.807) is 18.3 Å². The van der Waals surface area contributed by atoms with E-state index in [2.05, 4.69) is 17.0 Å². The largest absolute Gasteiger partial charge is 0.478 e. The Morgan fingerprint density at radius 2 is 1.81 bits per heavy atom. The van der Waals surface area contributed by atoms with Gasteiger partial charge in [-0.1, -0.05) is 49.4 Å². The fourth-order valence-corrected chi connectivity index (χ4v) is 3.36. The van der Waals surface area contributed by atoms with Gasteiger partial charge in [-0.15, -0.1) is 0 Å². The van der Waals surface area contributed by atoms with Crippen molar-refractivity contribution in [3.8, 4) is 11.1 Å². The lowest BCUT2D eigenvalue weighted by molar-refractivity contribution is 0.0697. The van der Waals surface area contributed by atoms with E-state index in [1.165, 1.54) is 0 Å². The van der Waals surface area contributed by atoms with Crippen molar-refractivity contribution in [2.75, 3.05) is 0 Å². The Bertz CT molecular complexity index is 1110. The zero-order chi connectivity index (χ0) is 18.8. The number of rotatable bonds is 5. The van der Waals surface area contributed by atoms with Crippen LogP contribution in [0.3, 0.4) is 0 Å². The van der Waals surface area contributed by atoms with Crippen LogP contribution in [0.5, 0.6) is 0 Å². The number of nitrogens with zero attached hydrogens (tertiary/aromatic N) is 3. The van der Waals surface area contributed by atoms with Gasteiger partial charge in [-0.25, -0.2) is 14.3 Å². The van der Waals surface area contributed by atoms with Crippen LogP contribution in [0.25, 0.3) is 16.8 Å². The highest BCUT2D eigenvalue weighted by Gasteiger charge is 2.13. The zero-order valence-corrected chi connectivity index (χ0v) is 15.0. The standard InChI is InChI=1S/C22H19N3O2/c1-2-19-20(25-21(24-19)8-5-13-23-25)14-15-9-11-16(12-10-15)17-6-3-4-7-18(17)22(26)27/h3-13H,2,14H2,1H3,(H,26,27). The fraction of sp³-hybridized carbons (Fsp3) is 0.136. The summed E-state index contributed by atoms with van der Waals surface area (Å²) in [6.45, 7) is 2.09. The molecule has 5 nitrogen and oxygen atoms in total. The van der Waals surface area contributed by atoms with E-state index in [-0.39, 0.29) is 0 Å². The average Bonchev–Trinajstić information content (AvgIpc) is 3.06.